The van der Waals surface area contributed by atoms with Gasteiger partial charge in [-0.2, -0.15) is 4.31 Å². The van der Waals surface area contributed by atoms with Crippen LogP contribution in [0.4, 0.5) is 0 Å². The molecule has 2 aromatic rings. The minimum absolute atomic E-state index is 0.0388. The summed E-state index contributed by atoms with van der Waals surface area (Å²) < 4.78 is 27.8. The fraction of sp³-hybridized carbons (Fsp3) is 0.350. The number of rotatable bonds is 5. The molecular weight excluding hydrogens is 464 g/mol. The van der Waals surface area contributed by atoms with Crippen LogP contribution in [0.3, 0.4) is 0 Å². The first-order valence-electron chi connectivity index (χ1n) is 9.09. The van der Waals surface area contributed by atoms with E-state index in [4.69, 9.17) is 11.6 Å². The Kier molecular flexibility index (Phi) is 6.81. The molecule has 8 heteroatoms. The molecule has 1 atom stereocenters. The van der Waals surface area contributed by atoms with Crippen molar-refractivity contribution >= 4 is 43.5 Å². The quantitative estimate of drug-likeness (QED) is 0.683. The number of nitrogens with zero attached hydrogens (tertiary/aromatic N) is 1. The van der Waals surface area contributed by atoms with Crippen molar-refractivity contribution in [2.75, 3.05) is 13.1 Å². The van der Waals surface area contributed by atoms with Crippen LogP contribution >= 0.6 is 27.5 Å². The van der Waals surface area contributed by atoms with Crippen LogP contribution in [0, 0.1) is 5.92 Å². The fourth-order valence-electron chi connectivity index (χ4n) is 3.28. The van der Waals surface area contributed by atoms with Gasteiger partial charge in [0.25, 0.3) is 0 Å². The van der Waals surface area contributed by atoms with Gasteiger partial charge in [-0.3, -0.25) is 4.79 Å². The number of nitrogens with one attached hydrogen (secondary N) is 1. The van der Waals surface area contributed by atoms with E-state index in [1.807, 2.05) is 19.1 Å². The number of benzene rings is 2. The van der Waals surface area contributed by atoms with E-state index in [-0.39, 0.29) is 22.8 Å². The number of piperidine rings is 1. The van der Waals surface area contributed by atoms with Gasteiger partial charge in [0, 0.05) is 28.5 Å². The van der Waals surface area contributed by atoms with Crippen molar-refractivity contribution in [2.24, 2.45) is 5.92 Å². The number of halogens is 2. The second-order valence-electron chi connectivity index (χ2n) is 6.91. The molecule has 28 heavy (non-hydrogen) atoms. The fourth-order valence-corrected chi connectivity index (χ4v) is 5.14. The van der Waals surface area contributed by atoms with Crippen molar-refractivity contribution in [1.29, 1.82) is 0 Å². The summed E-state index contributed by atoms with van der Waals surface area (Å²) in [6.07, 6.45) is 1.02. The van der Waals surface area contributed by atoms with Gasteiger partial charge in [0.2, 0.25) is 15.9 Å². The summed E-state index contributed by atoms with van der Waals surface area (Å²) in [5.41, 5.74) is 0.980. The van der Waals surface area contributed by atoms with Gasteiger partial charge in [-0.25, -0.2) is 8.42 Å². The minimum Gasteiger partial charge on any atom is -0.349 e. The lowest BCUT2D eigenvalue weighted by Crippen LogP contribution is -2.43. The molecule has 2 aromatic carbocycles. The molecule has 1 fully saturated rings. The number of amides is 1. The van der Waals surface area contributed by atoms with E-state index >= 15 is 0 Å². The number of sulfonamides is 1. The molecule has 3 rings (SSSR count). The highest BCUT2D eigenvalue weighted by Gasteiger charge is 2.32. The van der Waals surface area contributed by atoms with Crippen LogP contribution in [-0.4, -0.2) is 31.7 Å². The summed E-state index contributed by atoms with van der Waals surface area (Å²) in [5, 5.41) is 3.68. The van der Waals surface area contributed by atoms with Crippen molar-refractivity contribution in [3.63, 3.8) is 0 Å². The summed E-state index contributed by atoms with van der Waals surface area (Å²) in [4.78, 5) is 12.9. The third-order valence-corrected chi connectivity index (χ3v) is 7.70. The van der Waals surface area contributed by atoms with Crippen LogP contribution in [0.2, 0.25) is 5.02 Å². The molecule has 1 aliphatic rings. The van der Waals surface area contributed by atoms with E-state index in [1.165, 1.54) is 4.31 Å². The Labute approximate surface area is 179 Å². The molecule has 5 nitrogen and oxygen atoms in total. The number of hydrogen-bond acceptors (Lipinski definition) is 3. The topological polar surface area (TPSA) is 66.5 Å². The zero-order valence-corrected chi connectivity index (χ0v) is 18.6. The van der Waals surface area contributed by atoms with Crippen LogP contribution in [0.15, 0.2) is 57.9 Å². The first-order valence-corrected chi connectivity index (χ1v) is 11.7. The largest absolute Gasteiger partial charge is 0.349 e. The van der Waals surface area contributed by atoms with Crippen LogP contribution < -0.4 is 5.32 Å². The Balaban J connectivity index is 1.57. The van der Waals surface area contributed by atoms with Crippen molar-refractivity contribution in [2.45, 2.75) is 30.7 Å². The Hall–Kier alpha value is -1.41. The standard InChI is InChI=1S/C20H22BrClN2O3S/c1-14(15-2-6-18(22)7-3-15)23-20(25)16-10-12-24(13-11-16)28(26,27)19-8-4-17(21)5-9-19/h2-9,14,16H,10-13H2,1H3,(H,23,25)/t14-/m1/s1. The summed E-state index contributed by atoms with van der Waals surface area (Å²) >= 11 is 9.22. The molecule has 0 aliphatic carbocycles. The average Bonchev–Trinajstić information content (AvgIpc) is 2.69. The van der Waals surface area contributed by atoms with Gasteiger partial charge < -0.3 is 5.32 Å². The molecule has 150 valence electrons. The lowest BCUT2D eigenvalue weighted by molar-refractivity contribution is -0.126. The van der Waals surface area contributed by atoms with E-state index in [9.17, 15) is 13.2 Å². The summed E-state index contributed by atoms with van der Waals surface area (Å²) in [5.74, 6) is -0.228. The lowest BCUT2D eigenvalue weighted by Gasteiger charge is -2.31. The van der Waals surface area contributed by atoms with Gasteiger partial charge in [-0.1, -0.05) is 39.7 Å². The normalized spacial score (nSPS) is 17.2. The highest BCUT2D eigenvalue weighted by molar-refractivity contribution is 9.10. The predicted molar refractivity (Wildman–Crippen MR) is 114 cm³/mol. The van der Waals surface area contributed by atoms with E-state index < -0.39 is 10.0 Å². The van der Waals surface area contributed by atoms with Gasteiger partial charge in [0.1, 0.15) is 0 Å². The van der Waals surface area contributed by atoms with E-state index in [0.717, 1.165) is 10.0 Å². The second kappa shape index (κ2) is 8.95. The lowest BCUT2D eigenvalue weighted by atomic mass is 9.96. The first-order chi connectivity index (χ1) is 13.3. The number of carbonyl (C=O) groups excluding carboxylic acids is 1. The maximum Gasteiger partial charge on any atom is 0.243 e. The smallest absolute Gasteiger partial charge is 0.243 e. The van der Waals surface area contributed by atoms with Crippen LogP contribution in [0.5, 0.6) is 0 Å². The van der Waals surface area contributed by atoms with Crippen LogP contribution in [0.1, 0.15) is 31.4 Å². The van der Waals surface area contributed by atoms with E-state index in [2.05, 4.69) is 21.2 Å². The summed E-state index contributed by atoms with van der Waals surface area (Å²) in [6, 6.07) is 13.8. The average molecular weight is 486 g/mol. The summed E-state index contributed by atoms with van der Waals surface area (Å²) in [7, 11) is -3.53. The number of carbonyl (C=O) groups is 1. The van der Waals surface area contributed by atoms with Crippen molar-refractivity contribution < 1.29 is 13.2 Å². The van der Waals surface area contributed by atoms with Gasteiger partial charge in [-0.05, 0) is 61.7 Å². The Morgan fingerprint density at radius 3 is 2.25 bits per heavy atom. The number of hydrogen-bond donors (Lipinski definition) is 1. The highest BCUT2D eigenvalue weighted by Crippen LogP contribution is 2.26. The first kappa shape index (κ1) is 21.3. The van der Waals surface area contributed by atoms with Crippen molar-refractivity contribution in [3.8, 4) is 0 Å². The molecule has 0 radical (unpaired) electrons. The molecule has 0 bridgehead atoms. The third kappa shape index (κ3) is 4.95. The van der Waals surface area contributed by atoms with Gasteiger partial charge in [0.15, 0.2) is 0 Å². The van der Waals surface area contributed by atoms with Gasteiger partial charge in [-0.15, -0.1) is 0 Å². The third-order valence-electron chi connectivity index (χ3n) is 5.00. The maximum atomic E-state index is 12.8. The summed E-state index contributed by atoms with van der Waals surface area (Å²) in [6.45, 7) is 2.60. The molecule has 0 saturated carbocycles. The van der Waals surface area contributed by atoms with Gasteiger partial charge >= 0.3 is 0 Å². The van der Waals surface area contributed by atoms with E-state index in [0.29, 0.717) is 31.0 Å². The molecule has 1 amide bonds. The molecule has 1 heterocycles. The Bertz CT molecular complexity index is 925. The van der Waals surface area contributed by atoms with Crippen molar-refractivity contribution in [3.05, 3.63) is 63.6 Å². The molecule has 0 aromatic heterocycles. The zero-order valence-electron chi connectivity index (χ0n) is 15.4. The van der Waals surface area contributed by atoms with E-state index in [1.54, 1.807) is 36.4 Å². The minimum atomic E-state index is -3.53. The molecular formula is C20H22BrClN2O3S. The SMILES string of the molecule is C[C@@H](NC(=O)C1CCN(S(=O)(=O)c2ccc(Br)cc2)CC1)c1ccc(Cl)cc1. The van der Waals surface area contributed by atoms with Crippen molar-refractivity contribution in [1.82, 2.24) is 9.62 Å². The van der Waals surface area contributed by atoms with Gasteiger partial charge in [0.05, 0.1) is 10.9 Å². The predicted octanol–water partition coefficient (Wildman–Crippen LogP) is 4.38. The molecule has 0 spiro atoms. The van der Waals surface area contributed by atoms with Crippen LogP contribution in [-0.2, 0) is 14.8 Å². The van der Waals surface area contributed by atoms with Crippen LogP contribution in [0.25, 0.3) is 0 Å². The second-order valence-corrected chi connectivity index (χ2v) is 10.2. The molecule has 1 saturated heterocycles. The molecule has 0 unspecified atom stereocenters. The monoisotopic (exact) mass is 484 g/mol. The molecule has 1 aliphatic heterocycles. The maximum absolute atomic E-state index is 12.8. The Morgan fingerprint density at radius 1 is 1.11 bits per heavy atom. The zero-order chi connectivity index (χ0) is 20.3. The molecule has 1 N–H and O–H groups in total. The Morgan fingerprint density at radius 2 is 1.68 bits per heavy atom. The highest BCUT2D eigenvalue weighted by atomic mass is 79.9.